The molecule has 0 saturated carbocycles. The van der Waals surface area contributed by atoms with Crippen LogP contribution in [0.4, 0.5) is 5.69 Å². The summed E-state index contributed by atoms with van der Waals surface area (Å²) in [6.07, 6.45) is 3.65. The Kier molecular flexibility index (Phi) is 8.36. The van der Waals surface area contributed by atoms with Crippen molar-refractivity contribution in [1.29, 1.82) is 0 Å². The van der Waals surface area contributed by atoms with Gasteiger partial charge in [-0.3, -0.25) is 4.79 Å². The minimum absolute atomic E-state index is 0.0803. The number of carbonyl (C=O) groups is 1. The first-order valence-electron chi connectivity index (χ1n) is 12.0. The molecular weight excluding hydrogens is 396 g/mol. The van der Waals surface area contributed by atoms with Crippen molar-refractivity contribution in [2.75, 3.05) is 32.1 Å². The molecule has 174 valence electrons. The Morgan fingerprint density at radius 2 is 1.78 bits per heavy atom. The van der Waals surface area contributed by atoms with E-state index in [1.165, 1.54) is 16.8 Å². The maximum absolute atomic E-state index is 12.8. The largest absolute Gasteiger partial charge is 0.378 e. The fourth-order valence-electron chi connectivity index (χ4n) is 4.93. The van der Waals surface area contributed by atoms with Gasteiger partial charge in [-0.05, 0) is 68.2 Å². The lowest BCUT2D eigenvalue weighted by molar-refractivity contribution is -0.131. The summed E-state index contributed by atoms with van der Waals surface area (Å²) in [7, 11) is 4.09. The molecule has 0 aromatic heterocycles. The number of amides is 1. The number of ether oxygens (including phenoxy) is 1. The van der Waals surface area contributed by atoms with Crippen molar-refractivity contribution >= 4 is 11.6 Å². The van der Waals surface area contributed by atoms with Gasteiger partial charge in [-0.2, -0.15) is 0 Å². The van der Waals surface area contributed by atoms with Crippen molar-refractivity contribution < 1.29 is 9.53 Å². The zero-order valence-electron chi connectivity index (χ0n) is 20.5. The number of benzene rings is 2. The van der Waals surface area contributed by atoms with Crippen molar-refractivity contribution in [3.05, 3.63) is 65.7 Å². The van der Waals surface area contributed by atoms with Crippen molar-refractivity contribution in [3.63, 3.8) is 0 Å². The smallest absolute Gasteiger partial charge is 0.222 e. The molecule has 1 aliphatic rings. The summed E-state index contributed by atoms with van der Waals surface area (Å²) in [5.41, 5.74) is 3.66. The lowest BCUT2D eigenvalue weighted by Crippen LogP contribution is -2.37. The number of rotatable bonds is 9. The van der Waals surface area contributed by atoms with E-state index < -0.39 is 0 Å². The van der Waals surface area contributed by atoms with Gasteiger partial charge in [0.05, 0.1) is 5.60 Å². The van der Waals surface area contributed by atoms with Crippen molar-refractivity contribution in [2.45, 2.75) is 64.5 Å². The van der Waals surface area contributed by atoms with Gasteiger partial charge in [0.15, 0.2) is 0 Å². The number of hydrogen-bond donors (Lipinski definition) is 0. The molecule has 1 aliphatic heterocycles. The highest BCUT2D eigenvalue weighted by Crippen LogP contribution is 2.40. The molecule has 0 spiro atoms. The number of nitrogens with zero attached hydrogens (tertiary/aromatic N) is 2. The summed E-state index contributed by atoms with van der Waals surface area (Å²) in [5, 5.41) is 0. The minimum Gasteiger partial charge on any atom is -0.378 e. The van der Waals surface area contributed by atoms with Crippen molar-refractivity contribution in [3.8, 4) is 0 Å². The van der Waals surface area contributed by atoms with E-state index in [0.717, 1.165) is 32.4 Å². The fraction of sp³-hybridized carbons (Fsp3) is 0.536. The standard InChI is InChI=1S/C28H40N2O2/c1-6-27(31)30(21-22-12-14-25(15-13-22)29(4)5)18-16-26(23-10-8-7-9-11-23)24-17-19-32-28(2,3)20-24/h7-15,24,26H,6,16-21H2,1-5H3/t24-,26+/m1/s1. The number of carbonyl (C=O) groups excluding carboxylic acids is 1. The molecule has 0 radical (unpaired) electrons. The molecule has 3 rings (SSSR count). The molecule has 1 amide bonds. The van der Waals surface area contributed by atoms with Crippen LogP contribution in [0.3, 0.4) is 0 Å². The van der Waals surface area contributed by atoms with Gasteiger partial charge in [0.2, 0.25) is 5.91 Å². The van der Waals surface area contributed by atoms with Gasteiger partial charge < -0.3 is 14.5 Å². The molecule has 4 heteroatoms. The molecule has 32 heavy (non-hydrogen) atoms. The summed E-state index contributed by atoms with van der Waals surface area (Å²) in [4.78, 5) is 17.0. The average molecular weight is 437 g/mol. The van der Waals surface area contributed by atoms with Gasteiger partial charge in [0.1, 0.15) is 0 Å². The third kappa shape index (κ3) is 6.59. The van der Waals surface area contributed by atoms with E-state index in [1.54, 1.807) is 0 Å². The van der Waals surface area contributed by atoms with Crippen LogP contribution in [-0.4, -0.2) is 43.7 Å². The molecule has 1 saturated heterocycles. The average Bonchev–Trinajstić information content (AvgIpc) is 2.78. The molecule has 2 aromatic carbocycles. The molecule has 0 aliphatic carbocycles. The Morgan fingerprint density at radius 3 is 2.38 bits per heavy atom. The third-order valence-electron chi connectivity index (χ3n) is 6.72. The Hall–Kier alpha value is -2.33. The number of hydrogen-bond acceptors (Lipinski definition) is 3. The molecule has 4 nitrogen and oxygen atoms in total. The summed E-state index contributed by atoms with van der Waals surface area (Å²) in [6, 6.07) is 19.4. The second-order valence-corrected chi connectivity index (χ2v) is 9.90. The summed E-state index contributed by atoms with van der Waals surface area (Å²) in [5.74, 6) is 1.22. The predicted octanol–water partition coefficient (Wildman–Crippen LogP) is 5.87. The van der Waals surface area contributed by atoms with Gasteiger partial charge in [0, 0.05) is 45.9 Å². The van der Waals surface area contributed by atoms with Crippen LogP contribution in [0.25, 0.3) is 0 Å². The van der Waals surface area contributed by atoms with Gasteiger partial charge in [-0.1, -0.05) is 49.4 Å². The summed E-state index contributed by atoms with van der Waals surface area (Å²) in [6.45, 7) is 8.62. The number of anilines is 1. The molecule has 1 heterocycles. The first-order chi connectivity index (χ1) is 15.3. The van der Waals surface area contributed by atoms with Crippen LogP contribution in [0.15, 0.2) is 54.6 Å². The fourth-order valence-corrected chi connectivity index (χ4v) is 4.93. The predicted molar refractivity (Wildman–Crippen MR) is 133 cm³/mol. The van der Waals surface area contributed by atoms with Crippen molar-refractivity contribution in [2.24, 2.45) is 5.92 Å². The van der Waals surface area contributed by atoms with Crippen LogP contribution >= 0.6 is 0 Å². The normalized spacial score (nSPS) is 18.7. The second-order valence-electron chi connectivity index (χ2n) is 9.90. The molecule has 1 fully saturated rings. The summed E-state index contributed by atoms with van der Waals surface area (Å²) >= 11 is 0. The Labute approximate surface area is 194 Å². The van der Waals surface area contributed by atoms with E-state index in [9.17, 15) is 4.79 Å². The van der Waals surface area contributed by atoms with E-state index in [1.807, 2.05) is 25.9 Å². The van der Waals surface area contributed by atoms with Gasteiger partial charge in [-0.15, -0.1) is 0 Å². The van der Waals surface area contributed by atoms with E-state index in [4.69, 9.17) is 4.74 Å². The highest BCUT2D eigenvalue weighted by molar-refractivity contribution is 5.75. The Bertz CT molecular complexity index is 845. The lowest BCUT2D eigenvalue weighted by atomic mass is 9.75. The quantitative estimate of drug-likeness (QED) is 0.493. The molecule has 0 unspecified atom stereocenters. The first-order valence-corrected chi connectivity index (χ1v) is 12.0. The van der Waals surface area contributed by atoms with Crippen LogP contribution in [0.5, 0.6) is 0 Å². The monoisotopic (exact) mass is 436 g/mol. The lowest BCUT2D eigenvalue weighted by Gasteiger charge is -2.40. The maximum atomic E-state index is 12.8. The SMILES string of the molecule is CCC(=O)N(CC[C@@H](c1ccccc1)[C@@H]1CCOC(C)(C)C1)Cc1ccc(N(C)C)cc1. The van der Waals surface area contributed by atoms with E-state index in [-0.39, 0.29) is 11.5 Å². The minimum atomic E-state index is -0.0803. The molecule has 2 aromatic rings. The van der Waals surface area contributed by atoms with Gasteiger partial charge in [0.25, 0.3) is 0 Å². The Balaban J connectivity index is 1.75. The van der Waals surface area contributed by atoms with Crippen molar-refractivity contribution in [1.82, 2.24) is 4.90 Å². The van der Waals surface area contributed by atoms with Crippen LogP contribution in [0.1, 0.15) is 63.5 Å². The highest BCUT2D eigenvalue weighted by Gasteiger charge is 2.34. The molecule has 2 atom stereocenters. The van der Waals surface area contributed by atoms with Crippen LogP contribution in [-0.2, 0) is 16.1 Å². The second kappa shape index (κ2) is 11.0. The van der Waals surface area contributed by atoms with Gasteiger partial charge >= 0.3 is 0 Å². The summed E-state index contributed by atoms with van der Waals surface area (Å²) < 4.78 is 6.00. The zero-order valence-corrected chi connectivity index (χ0v) is 20.5. The molecular formula is C28H40N2O2. The molecule has 0 bridgehead atoms. The Morgan fingerprint density at radius 1 is 1.09 bits per heavy atom. The van der Waals surface area contributed by atoms with E-state index >= 15 is 0 Å². The van der Waals surface area contributed by atoms with Gasteiger partial charge in [-0.25, -0.2) is 0 Å². The van der Waals surface area contributed by atoms with Crippen LogP contribution < -0.4 is 4.90 Å². The molecule has 0 N–H and O–H groups in total. The maximum Gasteiger partial charge on any atom is 0.222 e. The van der Waals surface area contributed by atoms with Crippen LogP contribution in [0.2, 0.25) is 0 Å². The third-order valence-corrected chi connectivity index (χ3v) is 6.72. The first kappa shape index (κ1) is 24.3. The highest BCUT2D eigenvalue weighted by atomic mass is 16.5. The van der Waals surface area contributed by atoms with E-state index in [2.05, 4.69) is 73.3 Å². The topological polar surface area (TPSA) is 32.8 Å². The zero-order chi connectivity index (χ0) is 23.1. The van der Waals surface area contributed by atoms with Crippen LogP contribution in [0, 0.1) is 5.92 Å². The van der Waals surface area contributed by atoms with E-state index in [0.29, 0.717) is 24.8 Å².